The first-order chi connectivity index (χ1) is 6.81. The molecule has 0 aromatic carbocycles. The van der Waals surface area contributed by atoms with Crippen LogP contribution in [0.25, 0.3) is 0 Å². The molecule has 0 bridgehead atoms. The fourth-order valence-corrected chi connectivity index (χ4v) is 1.67. The highest BCUT2D eigenvalue weighted by Gasteiger charge is 2.31. The molecule has 0 aromatic heterocycles. The molecule has 0 saturated carbocycles. The summed E-state index contributed by atoms with van der Waals surface area (Å²) in [5, 5.41) is 1.89. The molecular formula is C10H14N2O2. The maximum atomic E-state index is 11.4. The van der Waals surface area contributed by atoms with Crippen molar-refractivity contribution in [1.29, 1.82) is 0 Å². The van der Waals surface area contributed by atoms with Gasteiger partial charge in [-0.25, -0.2) is 5.43 Å². The van der Waals surface area contributed by atoms with Crippen LogP contribution in [-0.4, -0.2) is 23.6 Å². The van der Waals surface area contributed by atoms with Gasteiger partial charge in [0.15, 0.2) is 0 Å². The molecule has 1 N–H and O–H groups in total. The topological polar surface area (TPSA) is 41.6 Å². The molecule has 2 aliphatic heterocycles. The van der Waals surface area contributed by atoms with E-state index in [-0.39, 0.29) is 12.0 Å². The second-order valence-corrected chi connectivity index (χ2v) is 3.32. The average Bonchev–Trinajstić information content (AvgIpc) is 2.61. The maximum absolute atomic E-state index is 11.4. The van der Waals surface area contributed by atoms with E-state index in [1.165, 1.54) is 0 Å². The summed E-state index contributed by atoms with van der Waals surface area (Å²) >= 11 is 0. The Bertz CT molecular complexity index is 296. The van der Waals surface area contributed by atoms with Crippen molar-refractivity contribution in [1.82, 2.24) is 10.4 Å². The summed E-state index contributed by atoms with van der Waals surface area (Å²) in [6.45, 7) is 2.26. The Labute approximate surface area is 83.2 Å². The van der Waals surface area contributed by atoms with E-state index in [0.29, 0.717) is 6.61 Å². The van der Waals surface area contributed by atoms with Gasteiger partial charge in [0.1, 0.15) is 6.04 Å². The van der Waals surface area contributed by atoms with E-state index in [0.717, 1.165) is 18.5 Å². The van der Waals surface area contributed by atoms with Gasteiger partial charge in [0, 0.05) is 18.3 Å². The van der Waals surface area contributed by atoms with E-state index in [1.54, 1.807) is 0 Å². The number of ether oxygens (including phenoxy) is 1. The number of allylic oxidation sites excluding steroid dienone is 2. The smallest absolute Gasteiger partial charge is 0.325 e. The molecule has 1 fully saturated rings. The molecule has 76 valence electrons. The van der Waals surface area contributed by atoms with Gasteiger partial charge < -0.3 is 4.74 Å². The number of rotatable bonds is 2. The third-order valence-corrected chi connectivity index (χ3v) is 2.33. The van der Waals surface area contributed by atoms with E-state index in [4.69, 9.17) is 4.74 Å². The van der Waals surface area contributed by atoms with E-state index < -0.39 is 0 Å². The van der Waals surface area contributed by atoms with Crippen molar-refractivity contribution in [3.8, 4) is 0 Å². The minimum atomic E-state index is -0.219. The molecule has 1 saturated heterocycles. The molecule has 0 radical (unpaired) electrons. The van der Waals surface area contributed by atoms with Gasteiger partial charge in [0.05, 0.1) is 6.61 Å². The summed E-state index contributed by atoms with van der Waals surface area (Å²) < 4.78 is 4.95. The minimum absolute atomic E-state index is 0.170. The lowest BCUT2D eigenvalue weighted by atomic mass is 10.1. The molecule has 0 spiro atoms. The molecule has 0 aromatic rings. The Balaban J connectivity index is 1.99. The zero-order chi connectivity index (χ0) is 9.97. The number of carbonyl (C=O) groups is 1. The molecule has 2 rings (SSSR count). The molecular weight excluding hydrogens is 180 g/mol. The highest BCUT2D eigenvalue weighted by atomic mass is 16.5. The van der Waals surface area contributed by atoms with Crippen molar-refractivity contribution < 1.29 is 9.53 Å². The van der Waals surface area contributed by atoms with Crippen LogP contribution in [0.5, 0.6) is 0 Å². The molecule has 4 heteroatoms. The molecule has 0 amide bonds. The van der Waals surface area contributed by atoms with Crippen LogP contribution >= 0.6 is 0 Å². The van der Waals surface area contributed by atoms with Crippen molar-refractivity contribution in [3.05, 3.63) is 24.0 Å². The standard InChI is InChI=1S/C10H14N2O2/c1-2-14-10(13)9-7-8-5-3-4-6-12(8)11-9/h4-6,9,11H,2-3,7H2,1H3. The third kappa shape index (κ3) is 1.65. The number of hydrogen-bond donors (Lipinski definition) is 1. The predicted molar refractivity (Wildman–Crippen MR) is 51.9 cm³/mol. The molecule has 14 heavy (non-hydrogen) atoms. The second-order valence-electron chi connectivity index (χ2n) is 3.32. The molecule has 4 nitrogen and oxygen atoms in total. The SMILES string of the molecule is CCOC(=O)C1CC2=CCC=CN2N1. The van der Waals surface area contributed by atoms with Crippen molar-refractivity contribution in [3.63, 3.8) is 0 Å². The van der Waals surface area contributed by atoms with Crippen molar-refractivity contribution in [2.45, 2.75) is 25.8 Å². The van der Waals surface area contributed by atoms with E-state index >= 15 is 0 Å². The Morgan fingerprint density at radius 1 is 1.79 bits per heavy atom. The number of hydrogen-bond acceptors (Lipinski definition) is 4. The van der Waals surface area contributed by atoms with Gasteiger partial charge in [0.2, 0.25) is 0 Å². The average molecular weight is 194 g/mol. The Hall–Kier alpha value is -1.29. The number of nitrogens with zero attached hydrogens (tertiary/aromatic N) is 1. The van der Waals surface area contributed by atoms with Crippen LogP contribution in [0.15, 0.2) is 24.0 Å². The highest BCUT2D eigenvalue weighted by Crippen LogP contribution is 2.23. The molecule has 2 heterocycles. The first-order valence-corrected chi connectivity index (χ1v) is 4.89. The summed E-state index contributed by atoms with van der Waals surface area (Å²) in [7, 11) is 0. The third-order valence-electron chi connectivity index (χ3n) is 2.33. The van der Waals surface area contributed by atoms with Crippen LogP contribution in [-0.2, 0) is 9.53 Å². The van der Waals surface area contributed by atoms with Gasteiger partial charge in [0.25, 0.3) is 0 Å². The molecule has 0 aliphatic carbocycles. The Morgan fingerprint density at radius 2 is 2.64 bits per heavy atom. The molecule has 1 atom stereocenters. The number of carbonyl (C=O) groups excluding carboxylic acids is 1. The summed E-state index contributed by atoms with van der Waals surface area (Å²) in [5.74, 6) is -0.170. The molecule has 1 unspecified atom stereocenters. The van der Waals surface area contributed by atoms with Gasteiger partial charge in [-0.1, -0.05) is 12.2 Å². The van der Waals surface area contributed by atoms with E-state index in [9.17, 15) is 4.79 Å². The first kappa shape index (κ1) is 9.27. The van der Waals surface area contributed by atoms with Crippen LogP contribution < -0.4 is 5.43 Å². The fraction of sp³-hybridized carbons (Fsp3) is 0.500. The van der Waals surface area contributed by atoms with Crippen molar-refractivity contribution in [2.75, 3.05) is 6.61 Å². The van der Waals surface area contributed by atoms with Gasteiger partial charge >= 0.3 is 5.97 Å². The van der Waals surface area contributed by atoms with Crippen molar-refractivity contribution in [2.24, 2.45) is 0 Å². The quantitative estimate of drug-likeness (QED) is 0.664. The minimum Gasteiger partial charge on any atom is -0.465 e. The van der Waals surface area contributed by atoms with Crippen LogP contribution in [0, 0.1) is 0 Å². The van der Waals surface area contributed by atoms with E-state index in [2.05, 4.69) is 11.5 Å². The van der Waals surface area contributed by atoms with Gasteiger partial charge in [-0.15, -0.1) is 0 Å². The second kappa shape index (κ2) is 3.84. The largest absolute Gasteiger partial charge is 0.465 e. The molecule has 2 aliphatic rings. The van der Waals surface area contributed by atoms with Gasteiger partial charge in [-0.2, -0.15) is 0 Å². The van der Waals surface area contributed by atoms with Crippen LogP contribution in [0.3, 0.4) is 0 Å². The summed E-state index contributed by atoms with van der Waals surface area (Å²) in [6, 6.07) is -0.219. The number of fused-ring (bicyclic) bond motifs is 1. The van der Waals surface area contributed by atoms with Crippen molar-refractivity contribution >= 4 is 5.97 Å². The fourth-order valence-electron chi connectivity index (χ4n) is 1.67. The van der Waals surface area contributed by atoms with Gasteiger partial charge in [-0.05, 0) is 13.3 Å². The zero-order valence-corrected chi connectivity index (χ0v) is 8.19. The Morgan fingerprint density at radius 3 is 3.36 bits per heavy atom. The number of hydrazine groups is 1. The summed E-state index contributed by atoms with van der Waals surface area (Å²) in [6.07, 6.45) is 7.79. The Kier molecular flexibility index (Phi) is 2.54. The van der Waals surface area contributed by atoms with Crippen LogP contribution in [0.2, 0.25) is 0 Å². The first-order valence-electron chi connectivity index (χ1n) is 4.89. The predicted octanol–water partition coefficient (Wildman–Crippen LogP) is 0.930. The maximum Gasteiger partial charge on any atom is 0.325 e. The van der Waals surface area contributed by atoms with Crippen LogP contribution in [0.1, 0.15) is 19.8 Å². The summed E-state index contributed by atoms with van der Waals surface area (Å²) in [5.41, 5.74) is 4.24. The lowest BCUT2D eigenvalue weighted by Crippen LogP contribution is -2.37. The highest BCUT2D eigenvalue weighted by molar-refractivity contribution is 5.76. The zero-order valence-electron chi connectivity index (χ0n) is 8.19. The number of esters is 1. The monoisotopic (exact) mass is 194 g/mol. The number of nitrogens with one attached hydrogen (secondary N) is 1. The van der Waals surface area contributed by atoms with E-state index in [1.807, 2.05) is 24.2 Å². The van der Waals surface area contributed by atoms with Crippen LogP contribution in [0.4, 0.5) is 0 Å². The summed E-state index contributed by atoms with van der Waals surface area (Å²) in [4.78, 5) is 11.4. The van der Waals surface area contributed by atoms with Gasteiger partial charge in [-0.3, -0.25) is 9.80 Å². The lowest BCUT2D eigenvalue weighted by Gasteiger charge is -2.17. The lowest BCUT2D eigenvalue weighted by molar-refractivity contribution is -0.145. The normalized spacial score (nSPS) is 24.5.